The van der Waals surface area contributed by atoms with Gasteiger partial charge in [0.25, 0.3) is 0 Å². The van der Waals surface area contributed by atoms with Gasteiger partial charge in [0.2, 0.25) is 0 Å². The van der Waals surface area contributed by atoms with Crippen LogP contribution in [0.3, 0.4) is 0 Å². The summed E-state index contributed by atoms with van der Waals surface area (Å²) >= 11 is 0. The molecule has 0 aromatic rings. The molecule has 0 bridgehead atoms. The molecule has 2 heteroatoms. The predicted octanol–water partition coefficient (Wildman–Crippen LogP) is 1.64. The van der Waals surface area contributed by atoms with Crippen molar-refractivity contribution >= 4 is 0 Å². The van der Waals surface area contributed by atoms with Crippen LogP contribution in [0.4, 0.5) is 0 Å². The number of nitrogens with one attached hydrogen (secondary N) is 1. The van der Waals surface area contributed by atoms with Crippen molar-refractivity contribution in [2.24, 2.45) is 5.41 Å². The molecule has 0 aromatic carbocycles. The number of rotatable bonds is 2. The molecule has 0 aromatic heterocycles. The molecule has 1 saturated heterocycles. The van der Waals surface area contributed by atoms with E-state index in [1.807, 2.05) is 0 Å². The van der Waals surface area contributed by atoms with Crippen molar-refractivity contribution in [2.75, 3.05) is 32.7 Å². The van der Waals surface area contributed by atoms with E-state index >= 15 is 0 Å². The SMILES string of the molecule is CC1=CCCN(CC2(C)CCNC2)C1. The summed E-state index contributed by atoms with van der Waals surface area (Å²) in [5.74, 6) is 0. The van der Waals surface area contributed by atoms with Crippen molar-refractivity contribution in [3.63, 3.8) is 0 Å². The predicted molar refractivity (Wildman–Crippen MR) is 60.4 cm³/mol. The summed E-state index contributed by atoms with van der Waals surface area (Å²) in [6.45, 7) is 10.8. The van der Waals surface area contributed by atoms with Gasteiger partial charge in [0, 0.05) is 26.2 Å². The van der Waals surface area contributed by atoms with E-state index in [0.29, 0.717) is 5.41 Å². The minimum Gasteiger partial charge on any atom is -0.316 e. The Bertz CT molecular complexity index is 226. The molecule has 80 valence electrons. The molecular weight excluding hydrogens is 172 g/mol. The molecule has 2 aliphatic rings. The first-order valence-corrected chi connectivity index (χ1v) is 5.77. The third kappa shape index (κ3) is 2.37. The Morgan fingerprint density at radius 2 is 2.43 bits per heavy atom. The summed E-state index contributed by atoms with van der Waals surface area (Å²) in [4.78, 5) is 2.61. The second-order valence-corrected chi connectivity index (χ2v) is 5.29. The lowest BCUT2D eigenvalue weighted by Gasteiger charge is -2.33. The molecule has 0 spiro atoms. The van der Waals surface area contributed by atoms with E-state index in [2.05, 4.69) is 30.1 Å². The summed E-state index contributed by atoms with van der Waals surface area (Å²) < 4.78 is 0. The average Bonchev–Trinajstić information content (AvgIpc) is 2.51. The highest BCUT2D eigenvalue weighted by molar-refractivity contribution is 5.05. The van der Waals surface area contributed by atoms with Crippen LogP contribution in [-0.4, -0.2) is 37.6 Å². The van der Waals surface area contributed by atoms with Gasteiger partial charge < -0.3 is 5.32 Å². The molecule has 1 fully saturated rings. The van der Waals surface area contributed by atoms with Gasteiger partial charge >= 0.3 is 0 Å². The zero-order valence-corrected chi connectivity index (χ0v) is 9.47. The van der Waals surface area contributed by atoms with Crippen LogP contribution in [-0.2, 0) is 0 Å². The first-order chi connectivity index (χ1) is 6.68. The second-order valence-electron chi connectivity index (χ2n) is 5.29. The fraction of sp³-hybridized carbons (Fsp3) is 0.833. The van der Waals surface area contributed by atoms with Crippen molar-refractivity contribution in [2.45, 2.75) is 26.7 Å². The highest BCUT2D eigenvalue weighted by Crippen LogP contribution is 2.26. The molecule has 14 heavy (non-hydrogen) atoms. The van der Waals surface area contributed by atoms with Gasteiger partial charge in [-0.3, -0.25) is 4.90 Å². The minimum atomic E-state index is 0.525. The molecular formula is C12H22N2. The molecule has 0 amide bonds. The lowest BCUT2D eigenvalue weighted by molar-refractivity contribution is 0.186. The van der Waals surface area contributed by atoms with Crippen molar-refractivity contribution in [1.29, 1.82) is 0 Å². The van der Waals surface area contributed by atoms with E-state index in [9.17, 15) is 0 Å². The molecule has 1 atom stereocenters. The van der Waals surface area contributed by atoms with Crippen molar-refractivity contribution in [3.05, 3.63) is 11.6 Å². The van der Waals surface area contributed by atoms with Crippen LogP contribution >= 0.6 is 0 Å². The van der Waals surface area contributed by atoms with Crippen LogP contribution in [0.25, 0.3) is 0 Å². The van der Waals surface area contributed by atoms with Gasteiger partial charge in [-0.05, 0) is 31.7 Å². The summed E-state index contributed by atoms with van der Waals surface area (Å²) in [5.41, 5.74) is 2.07. The van der Waals surface area contributed by atoms with Gasteiger partial charge in [0.05, 0.1) is 0 Å². The van der Waals surface area contributed by atoms with E-state index in [4.69, 9.17) is 0 Å². The lowest BCUT2D eigenvalue weighted by atomic mass is 9.88. The van der Waals surface area contributed by atoms with Crippen LogP contribution < -0.4 is 5.32 Å². The molecule has 0 aliphatic carbocycles. The summed E-state index contributed by atoms with van der Waals surface area (Å²) in [5, 5.41) is 3.47. The van der Waals surface area contributed by atoms with Crippen LogP contribution in [0, 0.1) is 5.41 Å². The molecule has 2 heterocycles. The van der Waals surface area contributed by atoms with E-state index in [0.717, 1.165) is 0 Å². The molecule has 2 rings (SSSR count). The average molecular weight is 194 g/mol. The monoisotopic (exact) mass is 194 g/mol. The zero-order chi connectivity index (χ0) is 10.0. The molecule has 2 nitrogen and oxygen atoms in total. The first kappa shape index (κ1) is 10.2. The largest absolute Gasteiger partial charge is 0.316 e. The highest BCUT2D eigenvalue weighted by atomic mass is 15.1. The van der Waals surface area contributed by atoms with E-state index in [1.165, 1.54) is 45.6 Å². The maximum Gasteiger partial charge on any atom is 0.0190 e. The Hall–Kier alpha value is -0.340. The van der Waals surface area contributed by atoms with Crippen LogP contribution in [0.2, 0.25) is 0 Å². The third-order valence-electron chi connectivity index (χ3n) is 3.47. The quantitative estimate of drug-likeness (QED) is 0.672. The fourth-order valence-electron chi connectivity index (χ4n) is 2.67. The molecule has 1 N–H and O–H groups in total. The molecule has 0 saturated carbocycles. The lowest BCUT2D eigenvalue weighted by Crippen LogP contribution is -2.40. The zero-order valence-electron chi connectivity index (χ0n) is 9.47. The first-order valence-electron chi connectivity index (χ1n) is 5.77. The Labute approximate surface area is 87.4 Å². The van der Waals surface area contributed by atoms with Gasteiger partial charge in [-0.1, -0.05) is 18.6 Å². The van der Waals surface area contributed by atoms with Crippen LogP contribution in [0.1, 0.15) is 26.7 Å². The standard InChI is InChI=1S/C12H22N2/c1-11-4-3-7-14(8-11)10-12(2)5-6-13-9-12/h4,13H,3,5-10H2,1-2H3. The van der Waals surface area contributed by atoms with E-state index in [-0.39, 0.29) is 0 Å². The van der Waals surface area contributed by atoms with E-state index < -0.39 is 0 Å². The van der Waals surface area contributed by atoms with E-state index in [1.54, 1.807) is 5.57 Å². The Morgan fingerprint density at radius 3 is 3.07 bits per heavy atom. The maximum absolute atomic E-state index is 3.47. The van der Waals surface area contributed by atoms with Crippen molar-refractivity contribution in [1.82, 2.24) is 10.2 Å². The third-order valence-corrected chi connectivity index (χ3v) is 3.47. The highest BCUT2D eigenvalue weighted by Gasteiger charge is 2.30. The van der Waals surface area contributed by atoms with Gasteiger partial charge in [-0.25, -0.2) is 0 Å². The number of hydrogen-bond donors (Lipinski definition) is 1. The number of nitrogens with zero attached hydrogens (tertiary/aromatic N) is 1. The van der Waals surface area contributed by atoms with Crippen LogP contribution in [0.5, 0.6) is 0 Å². The van der Waals surface area contributed by atoms with Gasteiger partial charge in [-0.15, -0.1) is 0 Å². The Morgan fingerprint density at radius 1 is 1.57 bits per heavy atom. The topological polar surface area (TPSA) is 15.3 Å². The summed E-state index contributed by atoms with van der Waals surface area (Å²) in [7, 11) is 0. The van der Waals surface area contributed by atoms with Gasteiger partial charge in [0.15, 0.2) is 0 Å². The molecule has 1 unspecified atom stereocenters. The summed E-state index contributed by atoms with van der Waals surface area (Å²) in [6, 6.07) is 0. The van der Waals surface area contributed by atoms with Crippen molar-refractivity contribution in [3.8, 4) is 0 Å². The minimum absolute atomic E-state index is 0.525. The summed E-state index contributed by atoms with van der Waals surface area (Å²) in [6.07, 6.45) is 4.97. The molecule has 2 aliphatic heterocycles. The van der Waals surface area contributed by atoms with Gasteiger partial charge in [0.1, 0.15) is 0 Å². The van der Waals surface area contributed by atoms with Gasteiger partial charge in [-0.2, -0.15) is 0 Å². The fourth-order valence-corrected chi connectivity index (χ4v) is 2.67. The molecule has 0 radical (unpaired) electrons. The van der Waals surface area contributed by atoms with Crippen LogP contribution in [0.15, 0.2) is 11.6 Å². The number of hydrogen-bond acceptors (Lipinski definition) is 2. The maximum atomic E-state index is 3.47. The van der Waals surface area contributed by atoms with Crippen molar-refractivity contribution < 1.29 is 0 Å². The normalized spacial score (nSPS) is 34.6. The Kier molecular flexibility index (Phi) is 2.93. The Balaban J connectivity index is 1.88. The smallest absolute Gasteiger partial charge is 0.0190 e. The second kappa shape index (κ2) is 4.03.